The topological polar surface area (TPSA) is 122 Å². The highest BCUT2D eigenvalue weighted by Gasteiger charge is 2.26. The Balaban J connectivity index is 1.73. The van der Waals surface area contributed by atoms with Gasteiger partial charge in [0, 0.05) is 17.0 Å². The van der Waals surface area contributed by atoms with Crippen molar-refractivity contribution >= 4 is 33.1 Å². The summed E-state index contributed by atoms with van der Waals surface area (Å²) in [5, 5.41) is 14.8. The summed E-state index contributed by atoms with van der Waals surface area (Å²) in [4.78, 5) is 29.1. The number of aromatic hydroxyl groups is 1. The molecule has 1 fully saturated rings. The first-order valence-electron chi connectivity index (χ1n) is 12.7. The van der Waals surface area contributed by atoms with Gasteiger partial charge in [-0.3, -0.25) is 19.4 Å². The van der Waals surface area contributed by atoms with Crippen molar-refractivity contribution in [3.63, 3.8) is 0 Å². The van der Waals surface area contributed by atoms with E-state index in [0.717, 1.165) is 31.1 Å². The summed E-state index contributed by atoms with van der Waals surface area (Å²) in [6.07, 6.45) is 7.80. The number of fused-ring (bicyclic) bond motifs is 4. The number of phenolic OH excluding ortho intramolecular Hbond substituents is 1. The van der Waals surface area contributed by atoms with Gasteiger partial charge in [-0.15, -0.1) is 0 Å². The minimum absolute atomic E-state index is 0.134. The molecule has 0 saturated heterocycles. The number of furan rings is 1. The van der Waals surface area contributed by atoms with Crippen LogP contribution < -0.4 is 20.5 Å². The number of aromatic amines is 2. The van der Waals surface area contributed by atoms with E-state index < -0.39 is 0 Å². The molecular formula is C28H29N3O6. The summed E-state index contributed by atoms with van der Waals surface area (Å²) in [5.74, 6) is 0.278. The van der Waals surface area contributed by atoms with Crippen LogP contribution in [0, 0.1) is 0 Å². The van der Waals surface area contributed by atoms with Gasteiger partial charge in [0.2, 0.25) is 5.75 Å². The largest absolute Gasteiger partial charge is 0.502 e. The summed E-state index contributed by atoms with van der Waals surface area (Å²) in [6, 6.07) is 8.15. The zero-order valence-electron chi connectivity index (χ0n) is 20.8. The number of phenols is 1. The third kappa shape index (κ3) is 3.77. The number of aromatic nitrogens is 3. The molecule has 1 aliphatic carbocycles. The Hall–Kier alpha value is -4.14. The number of pyridine rings is 1. The minimum Gasteiger partial charge on any atom is -0.502 e. The molecule has 3 heterocycles. The van der Waals surface area contributed by atoms with E-state index in [2.05, 4.69) is 10.1 Å². The van der Waals surface area contributed by atoms with Crippen molar-refractivity contribution in [3.05, 3.63) is 50.9 Å². The van der Waals surface area contributed by atoms with Crippen LogP contribution >= 0.6 is 0 Å². The Morgan fingerprint density at radius 3 is 2.32 bits per heavy atom. The Morgan fingerprint density at radius 2 is 1.65 bits per heavy atom. The second-order valence-corrected chi connectivity index (χ2v) is 9.73. The maximum absolute atomic E-state index is 13.6. The Morgan fingerprint density at radius 1 is 0.973 bits per heavy atom. The second kappa shape index (κ2) is 9.06. The second-order valence-electron chi connectivity index (χ2n) is 9.73. The van der Waals surface area contributed by atoms with Gasteiger partial charge in [0.15, 0.2) is 22.5 Å². The molecule has 0 amide bonds. The third-order valence-electron chi connectivity index (χ3n) is 7.52. The van der Waals surface area contributed by atoms with E-state index in [9.17, 15) is 14.7 Å². The number of hydrogen-bond acceptors (Lipinski definition) is 6. The molecule has 3 aromatic heterocycles. The van der Waals surface area contributed by atoms with Gasteiger partial charge in [-0.2, -0.15) is 0 Å². The van der Waals surface area contributed by atoms with Crippen LogP contribution in [0.3, 0.4) is 0 Å². The zero-order chi connectivity index (χ0) is 25.7. The number of benzene rings is 2. The van der Waals surface area contributed by atoms with E-state index in [1.54, 1.807) is 18.2 Å². The highest BCUT2D eigenvalue weighted by atomic mass is 16.5. The summed E-state index contributed by atoms with van der Waals surface area (Å²) in [7, 11) is 2.91. The highest BCUT2D eigenvalue weighted by molar-refractivity contribution is 6.14. The highest BCUT2D eigenvalue weighted by Crippen LogP contribution is 2.45. The van der Waals surface area contributed by atoms with Crippen LogP contribution in [0.15, 0.2) is 44.3 Å². The van der Waals surface area contributed by atoms with E-state index in [1.165, 1.54) is 45.6 Å². The van der Waals surface area contributed by atoms with Crippen molar-refractivity contribution in [3.8, 4) is 28.4 Å². The van der Waals surface area contributed by atoms with Crippen LogP contribution in [-0.2, 0) is 0 Å². The van der Waals surface area contributed by atoms with Gasteiger partial charge in [-0.05, 0) is 42.7 Å². The number of nitrogens with zero attached hydrogens (tertiary/aromatic N) is 1. The number of hydrogen-bond donors (Lipinski definition) is 3. The van der Waals surface area contributed by atoms with Gasteiger partial charge in [-0.25, -0.2) is 0 Å². The minimum atomic E-state index is -0.249. The van der Waals surface area contributed by atoms with Gasteiger partial charge in [0.05, 0.1) is 31.2 Å². The van der Waals surface area contributed by atoms with E-state index in [-0.39, 0.29) is 34.3 Å². The predicted molar refractivity (Wildman–Crippen MR) is 142 cm³/mol. The summed E-state index contributed by atoms with van der Waals surface area (Å²) in [5.41, 5.74) is 2.92. The lowest BCUT2D eigenvalue weighted by molar-refractivity contribution is 0.340. The molecule has 0 bridgehead atoms. The first kappa shape index (κ1) is 23.3. The molecule has 0 radical (unpaired) electrons. The van der Waals surface area contributed by atoms with Crippen LogP contribution in [0.2, 0.25) is 0 Å². The normalized spacial score (nSPS) is 15.3. The molecule has 3 N–H and O–H groups in total. The maximum atomic E-state index is 13.6. The molecule has 0 unspecified atom stereocenters. The zero-order valence-corrected chi connectivity index (χ0v) is 20.8. The molecule has 0 atom stereocenters. The van der Waals surface area contributed by atoms with Crippen molar-refractivity contribution in [1.29, 1.82) is 0 Å². The molecule has 0 spiro atoms. The molecule has 2 aromatic carbocycles. The van der Waals surface area contributed by atoms with Crippen molar-refractivity contribution in [2.24, 2.45) is 0 Å². The number of rotatable bonds is 4. The van der Waals surface area contributed by atoms with Gasteiger partial charge in [0.25, 0.3) is 5.56 Å². The van der Waals surface area contributed by atoms with Crippen molar-refractivity contribution in [2.75, 3.05) is 14.2 Å². The predicted octanol–water partition coefficient (Wildman–Crippen LogP) is 5.59. The molecular weight excluding hydrogens is 474 g/mol. The first-order valence-corrected chi connectivity index (χ1v) is 12.7. The number of ether oxygens (including phenoxy) is 2. The van der Waals surface area contributed by atoms with Crippen LogP contribution in [0.25, 0.3) is 44.2 Å². The lowest BCUT2D eigenvalue weighted by Crippen LogP contribution is -2.15. The Labute approximate surface area is 211 Å². The third-order valence-corrected chi connectivity index (χ3v) is 7.52. The lowest BCUT2D eigenvalue weighted by Gasteiger charge is -2.21. The summed E-state index contributed by atoms with van der Waals surface area (Å²) < 4.78 is 19.0. The van der Waals surface area contributed by atoms with E-state index in [4.69, 9.17) is 13.9 Å². The van der Waals surface area contributed by atoms with Gasteiger partial charge >= 0.3 is 0 Å². The molecule has 1 saturated carbocycles. The molecule has 5 aromatic rings. The first-order chi connectivity index (χ1) is 18.0. The fourth-order valence-electron chi connectivity index (χ4n) is 5.69. The molecule has 192 valence electrons. The number of methoxy groups -OCH3 is 2. The quantitative estimate of drug-likeness (QED) is 0.294. The van der Waals surface area contributed by atoms with E-state index in [0.29, 0.717) is 38.8 Å². The molecule has 6 rings (SSSR count). The summed E-state index contributed by atoms with van der Waals surface area (Å²) in [6.45, 7) is 0. The Kier molecular flexibility index (Phi) is 5.70. The van der Waals surface area contributed by atoms with E-state index >= 15 is 0 Å². The fourth-order valence-corrected chi connectivity index (χ4v) is 5.69. The van der Waals surface area contributed by atoms with Crippen LogP contribution in [0.4, 0.5) is 0 Å². The van der Waals surface area contributed by atoms with Gasteiger partial charge in [-0.1, -0.05) is 32.1 Å². The molecule has 9 nitrogen and oxygen atoms in total. The van der Waals surface area contributed by atoms with Crippen LogP contribution in [0.1, 0.15) is 51.0 Å². The molecule has 0 aliphatic heterocycles. The van der Waals surface area contributed by atoms with Crippen molar-refractivity contribution in [1.82, 2.24) is 14.8 Å². The molecule has 37 heavy (non-hydrogen) atoms. The standard InChI is InChI=1S/C28H29N3O6/c1-35-20-12-15(13-21(36-2)25(20)33)22-23-27(29-24-18-11-10-17(32)14-19(18)37-26(22)24)31(30-28(23)34)16-8-6-4-3-5-7-9-16/h10-14,16,29,33H,3-9H2,1-2H3,(H,30,34). The van der Waals surface area contributed by atoms with Crippen LogP contribution in [-0.4, -0.2) is 34.1 Å². The molecule has 1 aliphatic rings. The number of H-pyrrole nitrogens is 2. The average molecular weight is 504 g/mol. The monoisotopic (exact) mass is 503 g/mol. The van der Waals surface area contributed by atoms with Crippen molar-refractivity contribution < 1.29 is 19.0 Å². The van der Waals surface area contributed by atoms with Crippen LogP contribution in [0.5, 0.6) is 17.2 Å². The maximum Gasteiger partial charge on any atom is 0.274 e. The lowest BCUT2D eigenvalue weighted by atomic mass is 9.96. The SMILES string of the molecule is COc1cc(-c2c3oc4cc(=O)ccc4c3[nH]c3c2c(=O)[nH]n3C2CCCCCCC2)cc(OC)c1O. The average Bonchev–Trinajstić information content (AvgIpc) is 3.39. The number of nitrogens with one attached hydrogen (secondary N) is 2. The Bertz CT molecular complexity index is 1720. The summed E-state index contributed by atoms with van der Waals surface area (Å²) >= 11 is 0. The van der Waals surface area contributed by atoms with Gasteiger partial charge < -0.3 is 24.0 Å². The smallest absolute Gasteiger partial charge is 0.274 e. The van der Waals surface area contributed by atoms with E-state index in [1.807, 2.05) is 4.68 Å². The fraction of sp³-hybridized carbons (Fsp3) is 0.357. The van der Waals surface area contributed by atoms with Gasteiger partial charge in [0.1, 0.15) is 11.2 Å². The molecule has 9 heteroatoms. The van der Waals surface area contributed by atoms with Crippen molar-refractivity contribution in [2.45, 2.75) is 51.0 Å².